The number of carboxylic acid groups (broad SMARTS) is 1. The summed E-state index contributed by atoms with van der Waals surface area (Å²) in [6, 6.07) is 6.14. The van der Waals surface area contributed by atoms with Gasteiger partial charge in [0.2, 0.25) is 5.91 Å². The highest BCUT2D eigenvalue weighted by Gasteiger charge is 2.58. The Labute approximate surface area is 233 Å². The van der Waals surface area contributed by atoms with E-state index in [-0.39, 0.29) is 29.7 Å². The fourth-order valence-electron chi connectivity index (χ4n) is 6.47. The van der Waals surface area contributed by atoms with E-state index < -0.39 is 47.2 Å². The topological polar surface area (TPSA) is 91.8 Å². The zero-order valence-electron chi connectivity index (χ0n) is 23.4. The fourth-order valence-corrected chi connectivity index (χ4v) is 6.47. The number of likely N-dealkylation sites (tertiary alicyclic amines) is 1. The quantitative estimate of drug-likeness (QED) is 0.441. The van der Waals surface area contributed by atoms with Gasteiger partial charge in [0.25, 0.3) is 0 Å². The van der Waals surface area contributed by atoms with Gasteiger partial charge in [-0.3, -0.25) is 9.78 Å². The van der Waals surface area contributed by atoms with Crippen molar-refractivity contribution >= 4 is 11.9 Å². The molecule has 10 heteroatoms. The molecule has 218 valence electrons. The van der Waals surface area contributed by atoms with Gasteiger partial charge in [-0.1, -0.05) is 46.1 Å². The van der Waals surface area contributed by atoms with Crippen LogP contribution in [0.15, 0.2) is 42.6 Å². The summed E-state index contributed by atoms with van der Waals surface area (Å²) in [5.41, 5.74) is -0.553. The molecule has 0 spiro atoms. The number of halogens is 3. The van der Waals surface area contributed by atoms with Crippen LogP contribution < -0.4 is 10.1 Å². The summed E-state index contributed by atoms with van der Waals surface area (Å²) < 4.78 is 45.9. The number of benzene rings is 1. The summed E-state index contributed by atoms with van der Waals surface area (Å²) in [5.74, 6) is -1.86. The molecule has 2 aromatic rings. The van der Waals surface area contributed by atoms with Gasteiger partial charge >= 0.3 is 12.1 Å². The lowest BCUT2D eigenvalue weighted by atomic mass is 9.72. The highest BCUT2D eigenvalue weighted by molar-refractivity contribution is 5.87. The van der Waals surface area contributed by atoms with E-state index in [1.165, 1.54) is 18.1 Å². The summed E-state index contributed by atoms with van der Waals surface area (Å²) in [6.07, 6.45) is 1.35. The second kappa shape index (κ2) is 11.8. The standard InChI is InChI=1S/C30H38F3N3O4/c1-29(2,3)23-24(35-17-19-16-20(30(31,32)33)13-14-22(19)40-4)25(21-12-8-9-15-34-21)36(26(23)28(38)39)27(37)18-10-6-5-7-11-18/h8-9,12-16,18,23-26,35H,5-7,10-11,17H2,1-4H3,(H,38,39). The number of nitrogens with zero attached hydrogens (tertiary/aromatic N) is 2. The summed E-state index contributed by atoms with van der Waals surface area (Å²) in [7, 11) is 1.39. The Morgan fingerprint density at radius 3 is 2.35 bits per heavy atom. The molecular weight excluding hydrogens is 523 g/mol. The van der Waals surface area contributed by atoms with Crippen molar-refractivity contribution in [2.45, 2.75) is 83.7 Å². The molecule has 4 rings (SSSR count). The lowest BCUT2D eigenvalue weighted by molar-refractivity contribution is -0.154. The van der Waals surface area contributed by atoms with E-state index in [1.54, 1.807) is 24.4 Å². The highest BCUT2D eigenvalue weighted by atomic mass is 19.4. The van der Waals surface area contributed by atoms with E-state index in [9.17, 15) is 27.9 Å². The van der Waals surface area contributed by atoms with E-state index in [4.69, 9.17) is 4.74 Å². The second-order valence-electron chi connectivity index (χ2n) is 11.9. The molecule has 40 heavy (non-hydrogen) atoms. The number of hydrogen-bond donors (Lipinski definition) is 2. The lowest BCUT2D eigenvalue weighted by Crippen LogP contribution is -2.49. The predicted molar refractivity (Wildman–Crippen MR) is 143 cm³/mol. The average molecular weight is 562 g/mol. The van der Waals surface area contributed by atoms with Crippen molar-refractivity contribution in [1.29, 1.82) is 0 Å². The molecule has 4 unspecified atom stereocenters. The first-order valence-electron chi connectivity index (χ1n) is 13.8. The molecule has 4 atom stereocenters. The van der Waals surface area contributed by atoms with Gasteiger partial charge < -0.3 is 20.1 Å². The predicted octanol–water partition coefficient (Wildman–Crippen LogP) is 5.85. The summed E-state index contributed by atoms with van der Waals surface area (Å²) >= 11 is 0. The fraction of sp³-hybridized carbons (Fsp3) is 0.567. The minimum atomic E-state index is -4.53. The first-order chi connectivity index (χ1) is 18.8. The molecule has 2 aliphatic rings. The Bertz CT molecular complexity index is 1190. The summed E-state index contributed by atoms with van der Waals surface area (Å²) in [4.78, 5) is 33.1. The van der Waals surface area contributed by atoms with Gasteiger partial charge in [-0.2, -0.15) is 13.2 Å². The Balaban J connectivity index is 1.81. The largest absolute Gasteiger partial charge is 0.496 e. The van der Waals surface area contributed by atoms with Crippen LogP contribution >= 0.6 is 0 Å². The third kappa shape index (κ3) is 6.11. The van der Waals surface area contributed by atoms with Crippen molar-refractivity contribution in [2.24, 2.45) is 17.3 Å². The molecule has 1 aliphatic carbocycles. The van der Waals surface area contributed by atoms with Crippen molar-refractivity contribution < 1.29 is 32.6 Å². The summed E-state index contributed by atoms with van der Waals surface area (Å²) in [6.45, 7) is 5.76. The minimum Gasteiger partial charge on any atom is -0.496 e. The van der Waals surface area contributed by atoms with E-state index in [0.29, 0.717) is 18.5 Å². The highest BCUT2D eigenvalue weighted by Crippen LogP contribution is 2.49. The van der Waals surface area contributed by atoms with E-state index in [0.717, 1.165) is 31.4 Å². The monoisotopic (exact) mass is 561 g/mol. The van der Waals surface area contributed by atoms with Crippen molar-refractivity contribution in [3.8, 4) is 5.75 Å². The van der Waals surface area contributed by atoms with Gasteiger partial charge in [-0.05, 0) is 48.6 Å². The number of methoxy groups -OCH3 is 1. The number of carbonyl (C=O) groups is 2. The number of carbonyl (C=O) groups excluding carboxylic acids is 1. The molecule has 1 saturated heterocycles. The molecule has 2 fully saturated rings. The van der Waals surface area contributed by atoms with Gasteiger partial charge in [-0.25, -0.2) is 4.79 Å². The summed E-state index contributed by atoms with van der Waals surface area (Å²) in [5, 5.41) is 13.9. The SMILES string of the molecule is COc1ccc(C(F)(F)F)cc1CNC1C(c2ccccn2)N(C(=O)C2CCCCC2)C(C(=O)O)C1C(C)(C)C. The van der Waals surface area contributed by atoms with Gasteiger partial charge in [0.15, 0.2) is 0 Å². The van der Waals surface area contributed by atoms with Crippen molar-refractivity contribution in [2.75, 3.05) is 7.11 Å². The van der Waals surface area contributed by atoms with Gasteiger partial charge in [0.05, 0.1) is 24.4 Å². The number of amides is 1. The van der Waals surface area contributed by atoms with Crippen LogP contribution in [0, 0.1) is 17.3 Å². The van der Waals surface area contributed by atoms with Crippen LogP contribution in [0.3, 0.4) is 0 Å². The van der Waals surface area contributed by atoms with Crippen LogP contribution in [0.1, 0.15) is 75.7 Å². The number of hydrogen-bond acceptors (Lipinski definition) is 5. The molecule has 1 aromatic heterocycles. The average Bonchev–Trinajstić information content (AvgIpc) is 3.28. The number of pyridine rings is 1. The Hall–Kier alpha value is -3.14. The van der Waals surface area contributed by atoms with E-state index >= 15 is 0 Å². The number of rotatable bonds is 7. The molecule has 0 bridgehead atoms. The smallest absolute Gasteiger partial charge is 0.416 e. The molecule has 1 aliphatic heterocycles. The Morgan fingerprint density at radius 1 is 1.10 bits per heavy atom. The molecule has 2 N–H and O–H groups in total. The first-order valence-corrected chi connectivity index (χ1v) is 13.8. The molecule has 7 nitrogen and oxygen atoms in total. The van der Waals surface area contributed by atoms with Crippen LogP contribution in [0.5, 0.6) is 5.75 Å². The van der Waals surface area contributed by atoms with Crippen LogP contribution in [-0.4, -0.2) is 46.1 Å². The van der Waals surface area contributed by atoms with Crippen molar-refractivity contribution in [3.05, 3.63) is 59.4 Å². The number of carboxylic acids is 1. The molecular formula is C30H38F3N3O4. The van der Waals surface area contributed by atoms with E-state index in [2.05, 4.69) is 10.3 Å². The molecule has 0 radical (unpaired) electrons. The molecule has 1 amide bonds. The van der Waals surface area contributed by atoms with E-state index in [1.807, 2.05) is 20.8 Å². The maximum atomic E-state index is 14.1. The Morgan fingerprint density at radius 2 is 1.80 bits per heavy atom. The lowest BCUT2D eigenvalue weighted by Gasteiger charge is -2.36. The number of aromatic nitrogens is 1. The van der Waals surface area contributed by atoms with Crippen LogP contribution in [0.2, 0.25) is 0 Å². The molecule has 2 heterocycles. The van der Waals surface area contributed by atoms with Crippen molar-refractivity contribution in [3.63, 3.8) is 0 Å². The van der Waals surface area contributed by atoms with Gasteiger partial charge in [0.1, 0.15) is 11.8 Å². The number of nitrogens with one attached hydrogen (secondary N) is 1. The molecule has 1 aromatic carbocycles. The van der Waals surface area contributed by atoms with Gasteiger partial charge in [-0.15, -0.1) is 0 Å². The van der Waals surface area contributed by atoms with Crippen LogP contribution in [-0.2, 0) is 22.3 Å². The zero-order valence-corrected chi connectivity index (χ0v) is 23.4. The normalized spacial score (nSPS) is 24.2. The molecule has 1 saturated carbocycles. The Kier molecular flexibility index (Phi) is 8.77. The maximum Gasteiger partial charge on any atom is 0.416 e. The number of alkyl halides is 3. The number of ether oxygens (including phenoxy) is 1. The second-order valence-corrected chi connectivity index (χ2v) is 11.9. The minimum absolute atomic E-state index is 0.0223. The first kappa shape index (κ1) is 29.8. The number of aliphatic carboxylic acids is 1. The van der Waals surface area contributed by atoms with Crippen LogP contribution in [0.4, 0.5) is 13.2 Å². The third-order valence-corrected chi connectivity index (χ3v) is 8.26. The van der Waals surface area contributed by atoms with Crippen molar-refractivity contribution in [1.82, 2.24) is 15.2 Å². The zero-order chi connectivity index (χ0) is 29.2. The van der Waals surface area contributed by atoms with Gasteiger partial charge in [0, 0.05) is 36.2 Å². The maximum absolute atomic E-state index is 14.1. The van der Waals surface area contributed by atoms with Crippen LogP contribution in [0.25, 0.3) is 0 Å². The third-order valence-electron chi connectivity index (χ3n) is 8.26.